The Hall–Kier alpha value is 0.890. The number of thioether (sulfide) groups is 6. The van der Waals surface area contributed by atoms with Gasteiger partial charge in [0.25, 0.3) is 0 Å². The molecule has 33 heavy (non-hydrogen) atoms. The number of benzene rings is 2. The van der Waals surface area contributed by atoms with Crippen molar-refractivity contribution in [1.29, 1.82) is 0 Å². The summed E-state index contributed by atoms with van der Waals surface area (Å²) in [6.07, 6.45) is 7.96. The first-order valence-corrected chi connectivity index (χ1v) is 19.4. The molecule has 2 aromatic carbocycles. The second-order valence-electron chi connectivity index (χ2n) is 7.56. The van der Waals surface area contributed by atoms with Gasteiger partial charge in [-0.3, -0.25) is 0 Å². The van der Waals surface area contributed by atoms with E-state index in [9.17, 15) is 0 Å². The van der Waals surface area contributed by atoms with E-state index in [1.54, 1.807) is 0 Å². The quantitative estimate of drug-likeness (QED) is 0.170. The number of hydrogen-bond acceptors (Lipinski definition) is 7. The van der Waals surface area contributed by atoms with Gasteiger partial charge in [0.05, 0.1) is 4.75 Å². The lowest BCUT2D eigenvalue weighted by Crippen LogP contribution is -2.28. The van der Waals surface area contributed by atoms with Crippen molar-refractivity contribution in [1.82, 2.24) is 0 Å². The predicted molar refractivity (Wildman–Crippen MR) is 169 cm³/mol. The predicted octanol–water partition coefficient (Wildman–Crippen LogP) is 9.48. The molecule has 0 nitrogen and oxygen atoms in total. The highest BCUT2D eigenvalue weighted by atomic mass is 32.2. The Bertz CT molecular complexity index is 738. The first-order chi connectivity index (χ1) is 16.1. The lowest BCUT2D eigenvalue weighted by molar-refractivity contribution is 0.811. The van der Waals surface area contributed by atoms with Gasteiger partial charge in [-0.1, -0.05) is 37.7 Å². The van der Waals surface area contributed by atoms with E-state index >= 15 is 0 Å². The zero-order valence-corrected chi connectivity index (χ0v) is 26.2. The molecular formula is C26H38S7. The summed E-state index contributed by atoms with van der Waals surface area (Å²) in [7, 11) is 0. The van der Waals surface area contributed by atoms with E-state index in [4.69, 9.17) is 0 Å². The molecule has 0 radical (unpaired) electrons. The standard InChI is InChI=1S/C26H38S7/c1-6-30-25(18-27-3)16-17-31-22-12-14-24(15-13-22)33-23-10-8-21(9-11-23)26(19-28-4,20-29-5)32-7-2/h8-15,25H,6-7,16-20H2,1-5H3. The minimum absolute atomic E-state index is 0.208. The molecule has 0 aliphatic heterocycles. The highest BCUT2D eigenvalue weighted by Gasteiger charge is 2.31. The van der Waals surface area contributed by atoms with E-state index in [1.165, 1.54) is 43.9 Å². The Labute approximate surface area is 232 Å². The fourth-order valence-corrected chi connectivity index (χ4v) is 11.5. The molecule has 0 heterocycles. The molecule has 0 spiro atoms. The Morgan fingerprint density at radius 1 is 0.727 bits per heavy atom. The Kier molecular flexibility index (Phi) is 15.8. The largest absolute Gasteiger partial charge is 0.164 e. The van der Waals surface area contributed by atoms with Crippen LogP contribution >= 0.6 is 82.3 Å². The number of hydrogen-bond donors (Lipinski definition) is 0. The molecule has 184 valence electrons. The Morgan fingerprint density at radius 3 is 1.82 bits per heavy atom. The van der Waals surface area contributed by atoms with Crippen LogP contribution in [-0.2, 0) is 4.75 Å². The lowest BCUT2D eigenvalue weighted by Gasteiger charge is -2.32. The molecule has 0 aromatic heterocycles. The average molecular weight is 575 g/mol. The summed E-state index contributed by atoms with van der Waals surface area (Å²) in [6, 6.07) is 18.5. The van der Waals surface area contributed by atoms with Crippen LogP contribution in [0.3, 0.4) is 0 Å². The Morgan fingerprint density at radius 2 is 1.30 bits per heavy atom. The summed E-state index contributed by atoms with van der Waals surface area (Å²) in [5, 5.41) is 0.789. The molecule has 0 saturated carbocycles. The van der Waals surface area contributed by atoms with Crippen molar-refractivity contribution < 1.29 is 0 Å². The van der Waals surface area contributed by atoms with Gasteiger partial charge in [-0.25, -0.2) is 0 Å². The first-order valence-electron chi connectivity index (χ1n) is 11.3. The molecular weight excluding hydrogens is 537 g/mol. The van der Waals surface area contributed by atoms with Crippen LogP contribution in [0.4, 0.5) is 0 Å². The third kappa shape index (κ3) is 10.4. The Balaban J connectivity index is 1.95. The smallest absolute Gasteiger partial charge is 0.0588 e. The molecule has 7 heteroatoms. The molecule has 0 amide bonds. The third-order valence-electron chi connectivity index (χ3n) is 5.08. The molecule has 0 bridgehead atoms. The van der Waals surface area contributed by atoms with Gasteiger partial charge in [-0.15, -0.1) is 23.5 Å². The molecule has 0 aliphatic rings. The van der Waals surface area contributed by atoms with Crippen molar-refractivity contribution in [2.75, 3.05) is 53.3 Å². The summed E-state index contributed by atoms with van der Waals surface area (Å²) < 4.78 is 0.208. The topological polar surface area (TPSA) is 0 Å². The molecule has 2 aromatic rings. The minimum atomic E-state index is 0.208. The van der Waals surface area contributed by atoms with Gasteiger partial charge in [-0.05, 0) is 84.4 Å². The van der Waals surface area contributed by atoms with E-state index in [0.29, 0.717) is 0 Å². The average Bonchev–Trinajstić information content (AvgIpc) is 2.81. The zero-order chi connectivity index (χ0) is 23.9. The van der Waals surface area contributed by atoms with E-state index < -0.39 is 0 Å². The van der Waals surface area contributed by atoms with Crippen molar-refractivity contribution in [3.63, 3.8) is 0 Å². The van der Waals surface area contributed by atoms with Crippen LogP contribution in [0.25, 0.3) is 0 Å². The fourth-order valence-electron chi connectivity index (χ4n) is 3.63. The fraction of sp³-hybridized carbons (Fsp3) is 0.538. The van der Waals surface area contributed by atoms with Gasteiger partial charge in [0.15, 0.2) is 0 Å². The maximum Gasteiger partial charge on any atom is 0.0588 e. The van der Waals surface area contributed by atoms with E-state index in [0.717, 1.165) is 22.5 Å². The molecule has 2 rings (SSSR count). The molecule has 0 fully saturated rings. The van der Waals surface area contributed by atoms with Crippen LogP contribution < -0.4 is 0 Å². The highest BCUT2D eigenvalue weighted by molar-refractivity contribution is 8.05. The van der Waals surface area contributed by atoms with Gasteiger partial charge >= 0.3 is 0 Å². The monoisotopic (exact) mass is 574 g/mol. The van der Waals surface area contributed by atoms with Crippen LogP contribution in [-0.4, -0.2) is 58.5 Å². The van der Waals surface area contributed by atoms with E-state index in [2.05, 4.69) is 105 Å². The van der Waals surface area contributed by atoms with Crippen LogP contribution in [0.1, 0.15) is 25.8 Å². The maximum absolute atomic E-state index is 2.36. The molecule has 1 unspecified atom stereocenters. The van der Waals surface area contributed by atoms with E-state index in [-0.39, 0.29) is 4.75 Å². The van der Waals surface area contributed by atoms with Crippen LogP contribution in [0.15, 0.2) is 63.2 Å². The van der Waals surface area contributed by atoms with Crippen molar-refractivity contribution in [2.24, 2.45) is 0 Å². The van der Waals surface area contributed by atoms with Gasteiger partial charge < -0.3 is 0 Å². The first kappa shape index (κ1) is 30.1. The zero-order valence-electron chi connectivity index (χ0n) is 20.5. The normalized spacial score (nSPS) is 12.8. The van der Waals surface area contributed by atoms with Crippen molar-refractivity contribution >= 4 is 82.3 Å². The van der Waals surface area contributed by atoms with Crippen molar-refractivity contribution in [3.8, 4) is 0 Å². The summed E-state index contributed by atoms with van der Waals surface area (Å²) in [5.74, 6) is 7.16. The maximum atomic E-state index is 2.36. The van der Waals surface area contributed by atoms with Crippen LogP contribution in [0.2, 0.25) is 0 Å². The van der Waals surface area contributed by atoms with Crippen molar-refractivity contribution in [3.05, 3.63) is 54.1 Å². The molecule has 1 atom stereocenters. The minimum Gasteiger partial charge on any atom is -0.164 e. The summed E-state index contributed by atoms with van der Waals surface area (Å²) in [6.45, 7) is 4.54. The highest BCUT2D eigenvalue weighted by Crippen LogP contribution is 2.42. The summed E-state index contributed by atoms with van der Waals surface area (Å²) >= 11 is 14.0. The molecule has 0 aliphatic carbocycles. The lowest BCUT2D eigenvalue weighted by atomic mass is 10.0. The third-order valence-corrected chi connectivity index (χ3v) is 12.6. The molecule has 0 N–H and O–H groups in total. The van der Waals surface area contributed by atoms with Crippen LogP contribution in [0.5, 0.6) is 0 Å². The SMILES string of the molecule is CCSC(CCSc1ccc(Sc2ccc(C(CSC)(CSC)SCC)cc2)cc1)CSC. The van der Waals surface area contributed by atoms with Gasteiger partial charge in [0, 0.05) is 37.2 Å². The summed E-state index contributed by atoms with van der Waals surface area (Å²) in [4.78, 5) is 4.02. The van der Waals surface area contributed by atoms with Gasteiger partial charge in [0.1, 0.15) is 0 Å². The summed E-state index contributed by atoms with van der Waals surface area (Å²) in [5.41, 5.74) is 1.47. The van der Waals surface area contributed by atoms with Crippen LogP contribution in [0, 0.1) is 0 Å². The van der Waals surface area contributed by atoms with E-state index in [1.807, 2.05) is 58.8 Å². The second kappa shape index (κ2) is 17.4. The second-order valence-corrected chi connectivity index (χ2v) is 15.7. The van der Waals surface area contributed by atoms with Gasteiger partial charge in [0.2, 0.25) is 0 Å². The number of rotatable bonds is 17. The molecule has 0 saturated heterocycles. The van der Waals surface area contributed by atoms with Gasteiger partial charge in [-0.2, -0.15) is 47.0 Å². The van der Waals surface area contributed by atoms with Crippen molar-refractivity contribution in [2.45, 2.75) is 45.0 Å².